The molecule has 20 nitrogen and oxygen atoms in total. The number of aliphatic hydroxyl groups excluding tert-OH is 2. The number of esters is 3. The highest BCUT2D eigenvalue weighted by Gasteiger charge is 2.47. The van der Waals surface area contributed by atoms with Crippen LogP contribution in [0.5, 0.6) is 23.0 Å². The second-order valence-corrected chi connectivity index (χ2v) is 29.4. The number of aryl methyl sites for hydroxylation is 2. The van der Waals surface area contributed by atoms with E-state index in [0.717, 1.165) is 6.04 Å². The minimum Gasteiger partial charge on any atom is -0.497 e. The summed E-state index contributed by atoms with van der Waals surface area (Å²) in [5, 5.41) is 29.5. The summed E-state index contributed by atoms with van der Waals surface area (Å²) < 4.78 is 75.0. The Morgan fingerprint density at radius 3 is 1.38 bits per heavy atom. The second-order valence-electron chi connectivity index (χ2n) is 23.7. The molecule has 0 bridgehead atoms. The first-order valence-corrected chi connectivity index (χ1v) is 33.5. The van der Waals surface area contributed by atoms with Crippen molar-refractivity contribution in [2.45, 2.75) is 179 Å². The Morgan fingerprint density at radius 2 is 1.00 bits per heavy atom. The monoisotopic (exact) mass is 1240 g/mol. The van der Waals surface area contributed by atoms with E-state index in [1.165, 1.54) is 27.4 Å². The molecule has 0 radical (unpaired) electrons. The lowest BCUT2D eigenvalue weighted by molar-refractivity contribution is -0.153. The van der Waals surface area contributed by atoms with E-state index in [-0.39, 0.29) is 24.9 Å². The zero-order valence-electron chi connectivity index (χ0n) is 53.3. The first kappa shape index (κ1) is 72.1. The molecule has 0 spiro atoms. The molecule has 484 valence electrons. The number of aliphatic hydroxyl groups is 2. The molecule has 0 aliphatic carbocycles. The van der Waals surface area contributed by atoms with Gasteiger partial charge in [0.1, 0.15) is 58.5 Å². The summed E-state index contributed by atoms with van der Waals surface area (Å²) in [7, 11) is 4.60. The highest BCUT2D eigenvalue weighted by Crippen LogP contribution is 2.38. The molecular formula is C67H92O20Si. The zero-order chi connectivity index (χ0) is 64.6. The highest BCUT2D eigenvalue weighted by atomic mass is 28.3. The van der Waals surface area contributed by atoms with Crippen molar-refractivity contribution < 1.29 is 96.1 Å². The molecular weight excluding hydrogens is 1150 g/mol. The van der Waals surface area contributed by atoms with Crippen molar-refractivity contribution in [1.82, 2.24) is 0 Å². The number of methoxy groups -OCH3 is 4. The Labute approximate surface area is 519 Å². The van der Waals surface area contributed by atoms with Gasteiger partial charge in [-0.2, -0.15) is 0 Å². The van der Waals surface area contributed by atoms with Crippen molar-refractivity contribution in [3.8, 4) is 23.0 Å². The number of carbonyl (C=O) groups excluding carboxylic acids is 3. The molecule has 2 saturated heterocycles. The van der Waals surface area contributed by atoms with Gasteiger partial charge in [0.2, 0.25) is 0 Å². The fourth-order valence-electron chi connectivity index (χ4n) is 9.89. The van der Waals surface area contributed by atoms with Gasteiger partial charge >= 0.3 is 23.9 Å². The summed E-state index contributed by atoms with van der Waals surface area (Å²) in [6.07, 6.45) is 6.03. The Morgan fingerprint density at radius 1 is 0.591 bits per heavy atom. The molecule has 21 heteroatoms. The number of benzene rings is 4. The lowest BCUT2D eigenvalue weighted by atomic mass is 9.96. The lowest BCUT2D eigenvalue weighted by Crippen LogP contribution is -2.37. The number of hydrogen-bond acceptors (Lipinski definition) is 19. The fraction of sp³-hybridized carbons (Fsp3) is 0.522. The molecule has 0 amide bonds. The fourth-order valence-corrected chi connectivity index (χ4v) is 10.6. The third kappa shape index (κ3) is 23.4. The Bertz CT molecular complexity index is 2880. The van der Waals surface area contributed by atoms with Gasteiger partial charge in [-0.3, -0.25) is 0 Å². The Balaban J connectivity index is 0.000000324. The smallest absolute Gasteiger partial charge is 0.342 e. The van der Waals surface area contributed by atoms with E-state index in [0.29, 0.717) is 103 Å². The third-order valence-electron chi connectivity index (χ3n) is 14.0. The van der Waals surface area contributed by atoms with E-state index >= 15 is 0 Å². The zero-order valence-corrected chi connectivity index (χ0v) is 54.3. The van der Waals surface area contributed by atoms with Gasteiger partial charge in [-0.25, -0.2) is 19.2 Å². The van der Waals surface area contributed by atoms with Crippen molar-refractivity contribution >= 4 is 32.0 Å². The SMILES string of the molecule is COCOc1cc(OC)cc(CCC[C@@H]2OC(C)(C)O[C@@H]2C(/C=C\C[C@H](C)O)OC(=O)c2ccccc2)c1C(=O)O.COCOc1cc(OC)cc(CCC[C@@H]2OC(C)(C)O[C@@H]2C(/C=C\C[C@H](C)O)OC(=O)c2ccccc2)c1C(=O)OCC[Si](C)(C)C. The first-order chi connectivity index (χ1) is 41.8. The van der Waals surface area contributed by atoms with Crippen LogP contribution in [0.3, 0.4) is 0 Å². The van der Waals surface area contributed by atoms with E-state index in [9.17, 15) is 34.5 Å². The number of aromatic carboxylic acids is 1. The van der Waals surface area contributed by atoms with Gasteiger partial charge in [0.05, 0.1) is 56.4 Å². The standard InChI is InChI=1S/C36H52O10Si.C31H40O10/c1-25(37)14-12-18-29(44-34(38)26-15-10-9-11-16-26)33-30(45-36(2,3)46-33)19-13-17-27-22-28(41-5)23-31(43-24-40-4)32(27)35(39)42-20-21-47(6,7)8;1-20(32)11-9-15-24(39-30(35)21-12-7-6-8-13-21)28-25(40-31(2,3)41-28)16-10-14-22-17-23(37-5)18-26(38-19-36-4)27(22)29(33)34/h9-12,15-16,18,22-23,25,29-30,33,37H,13-14,17,19-21,24H2,1-8H3;6-9,12-13,15,17-18,20,24-25,28,32H,10-11,14,16,19H2,1-5H3,(H,33,34)/b18-12-;15-9-/t25-,29?,30-,33+;20-,24?,25-,28+/m00/s1. The third-order valence-corrected chi connectivity index (χ3v) is 15.7. The van der Waals surface area contributed by atoms with Crippen LogP contribution in [0.2, 0.25) is 25.7 Å². The quantitative estimate of drug-likeness (QED) is 0.0132. The van der Waals surface area contributed by atoms with Crippen LogP contribution in [-0.2, 0) is 55.5 Å². The largest absolute Gasteiger partial charge is 0.497 e. The van der Waals surface area contributed by atoms with E-state index in [4.69, 9.17) is 61.6 Å². The molecule has 4 aromatic carbocycles. The number of hydrogen-bond donors (Lipinski definition) is 3. The Hall–Kier alpha value is -6.66. The molecule has 6 rings (SSSR count). The molecule has 88 heavy (non-hydrogen) atoms. The van der Waals surface area contributed by atoms with E-state index in [2.05, 4.69) is 19.6 Å². The number of carboxylic acids is 1. The van der Waals surface area contributed by atoms with E-state index in [1.807, 2.05) is 32.0 Å². The normalized spacial score (nSPS) is 19.2. The van der Waals surface area contributed by atoms with Gasteiger partial charge in [0.25, 0.3) is 0 Å². The topological polar surface area (TPSA) is 249 Å². The number of carboxylic acid groups (broad SMARTS) is 1. The molecule has 8 atom stereocenters. The molecule has 2 fully saturated rings. The van der Waals surface area contributed by atoms with Gasteiger partial charge in [0, 0.05) is 34.4 Å². The number of ether oxygens (including phenoxy) is 13. The molecule has 2 aliphatic rings. The summed E-state index contributed by atoms with van der Waals surface area (Å²) in [6.45, 7) is 17.5. The predicted octanol–water partition coefficient (Wildman–Crippen LogP) is 11.3. The summed E-state index contributed by atoms with van der Waals surface area (Å²) in [5.41, 5.74) is 2.47. The van der Waals surface area contributed by atoms with Crippen LogP contribution < -0.4 is 18.9 Å². The maximum absolute atomic E-state index is 13.5. The van der Waals surface area contributed by atoms with Crippen molar-refractivity contribution in [2.24, 2.45) is 0 Å². The number of rotatable bonds is 33. The van der Waals surface area contributed by atoms with Gasteiger partial charge in [-0.05, 0) is 159 Å². The minimum atomic E-state index is -1.42. The van der Waals surface area contributed by atoms with E-state index in [1.54, 1.807) is 120 Å². The van der Waals surface area contributed by atoms with Gasteiger partial charge < -0.3 is 76.9 Å². The summed E-state index contributed by atoms with van der Waals surface area (Å²) in [5.74, 6) is -2.93. The molecule has 2 heterocycles. The van der Waals surface area contributed by atoms with Crippen molar-refractivity contribution in [3.05, 3.63) is 143 Å². The van der Waals surface area contributed by atoms with Crippen molar-refractivity contribution in [3.63, 3.8) is 0 Å². The maximum atomic E-state index is 13.5. The molecule has 2 unspecified atom stereocenters. The molecule has 4 aromatic rings. The maximum Gasteiger partial charge on any atom is 0.342 e. The molecule has 2 aliphatic heterocycles. The van der Waals surface area contributed by atoms with Crippen LogP contribution in [-0.4, -0.2) is 156 Å². The van der Waals surface area contributed by atoms with E-state index < -0.39 is 92.4 Å². The van der Waals surface area contributed by atoms with Crippen LogP contribution in [0.4, 0.5) is 0 Å². The van der Waals surface area contributed by atoms with Gasteiger partial charge in [-0.1, -0.05) is 68.2 Å². The van der Waals surface area contributed by atoms with Gasteiger partial charge in [0.15, 0.2) is 25.2 Å². The van der Waals surface area contributed by atoms with Crippen LogP contribution in [0.25, 0.3) is 0 Å². The predicted molar refractivity (Wildman–Crippen MR) is 332 cm³/mol. The molecule has 0 aromatic heterocycles. The Kier molecular flexibility index (Phi) is 28.6. The van der Waals surface area contributed by atoms with Crippen LogP contribution >= 0.6 is 0 Å². The van der Waals surface area contributed by atoms with Crippen molar-refractivity contribution in [2.75, 3.05) is 48.6 Å². The van der Waals surface area contributed by atoms with Crippen molar-refractivity contribution in [1.29, 1.82) is 0 Å². The summed E-state index contributed by atoms with van der Waals surface area (Å²) in [6, 6.07) is 25.0. The average molecular weight is 1250 g/mol. The van der Waals surface area contributed by atoms with Gasteiger partial charge in [-0.15, -0.1) is 0 Å². The van der Waals surface area contributed by atoms with Crippen LogP contribution in [0, 0.1) is 0 Å². The average Bonchev–Trinajstić information content (AvgIpc) is 4.22. The highest BCUT2D eigenvalue weighted by molar-refractivity contribution is 6.76. The summed E-state index contributed by atoms with van der Waals surface area (Å²) >= 11 is 0. The number of carbonyl (C=O) groups is 4. The first-order valence-electron chi connectivity index (χ1n) is 29.8. The lowest BCUT2D eigenvalue weighted by Gasteiger charge is -2.25. The minimum absolute atomic E-state index is 0.0408. The summed E-state index contributed by atoms with van der Waals surface area (Å²) in [4.78, 5) is 51.7. The second kappa shape index (κ2) is 34.9. The van der Waals surface area contributed by atoms with Crippen LogP contribution in [0.1, 0.15) is 133 Å². The molecule has 0 saturated carbocycles. The van der Waals surface area contributed by atoms with Crippen LogP contribution in [0.15, 0.2) is 109 Å². The molecule has 3 N–H and O–H groups in total.